The van der Waals surface area contributed by atoms with Crippen LogP contribution in [0, 0.1) is 6.92 Å². The number of aromatic nitrogens is 1. The Labute approximate surface area is 118 Å². The van der Waals surface area contributed by atoms with Gasteiger partial charge >= 0.3 is 0 Å². The molecule has 100 valence electrons. The molecule has 1 fully saturated rings. The second kappa shape index (κ2) is 6.50. The molecule has 1 N–H and O–H groups in total. The molecule has 0 amide bonds. The largest absolute Gasteiger partial charge is 0.369 e. The molecule has 2 rings (SSSR count). The molecule has 0 atom stereocenters. The monoisotopic (exact) mass is 312 g/mol. The van der Waals surface area contributed by atoms with Gasteiger partial charge in [0.2, 0.25) is 0 Å². The summed E-state index contributed by atoms with van der Waals surface area (Å²) in [7, 11) is 2.19. The lowest BCUT2D eigenvalue weighted by Crippen LogP contribution is -2.45. The van der Waals surface area contributed by atoms with E-state index in [1.807, 2.05) is 6.20 Å². The van der Waals surface area contributed by atoms with Crippen molar-refractivity contribution in [2.75, 3.05) is 51.6 Å². The average molecular weight is 313 g/mol. The second-order valence-corrected chi connectivity index (χ2v) is 5.81. The molecule has 1 aliphatic heterocycles. The SMILES string of the molecule is Cc1cc(Br)cnc1NCCN1CCN(C)CC1. The summed E-state index contributed by atoms with van der Waals surface area (Å²) >= 11 is 3.43. The molecule has 0 radical (unpaired) electrons. The van der Waals surface area contributed by atoms with Crippen molar-refractivity contribution in [2.45, 2.75) is 6.92 Å². The fourth-order valence-corrected chi connectivity index (χ4v) is 2.58. The summed E-state index contributed by atoms with van der Waals surface area (Å²) in [6.45, 7) is 8.82. The third-order valence-corrected chi connectivity index (χ3v) is 3.79. The minimum atomic E-state index is 0.958. The molecular formula is C13H21BrN4. The molecule has 0 bridgehead atoms. The fraction of sp³-hybridized carbons (Fsp3) is 0.615. The van der Waals surface area contributed by atoms with Crippen LogP contribution in [-0.2, 0) is 0 Å². The van der Waals surface area contributed by atoms with E-state index in [2.05, 4.69) is 56.1 Å². The van der Waals surface area contributed by atoms with E-state index in [9.17, 15) is 0 Å². The number of halogens is 1. The quantitative estimate of drug-likeness (QED) is 0.919. The standard InChI is InChI=1S/C13H21BrN4/c1-11-9-12(14)10-16-13(11)15-3-4-18-7-5-17(2)6-8-18/h9-10H,3-8H2,1-2H3,(H,15,16). The van der Waals surface area contributed by atoms with Gasteiger partial charge in [-0.1, -0.05) is 0 Å². The Morgan fingerprint density at radius 3 is 2.72 bits per heavy atom. The number of hydrogen-bond donors (Lipinski definition) is 1. The average Bonchev–Trinajstić information content (AvgIpc) is 2.34. The van der Waals surface area contributed by atoms with Crippen LogP contribution in [0.3, 0.4) is 0 Å². The van der Waals surface area contributed by atoms with Gasteiger partial charge in [-0.3, -0.25) is 4.90 Å². The summed E-state index contributed by atoms with van der Waals surface area (Å²) in [5, 5.41) is 3.41. The Morgan fingerprint density at radius 2 is 2.06 bits per heavy atom. The van der Waals surface area contributed by atoms with Gasteiger partial charge in [0, 0.05) is 49.9 Å². The van der Waals surface area contributed by atoms with Crippen molar-refractivity contribution < 1.29 is 0 Å². The Kier molecular flexibility index (Phi) is 4.97. The summed E-state index contributed by atoms with van der Waals surface area (Å²) in [4.78, 5) is 9.27. The molecule has 2 heterocycles. The summed E-state index contributed by atoms with van der Waals surface area (Å²) in [5.41, 5.74) is 1.18. The molecular weight excluding hydrogens is 292 g/mol. The van der Waals surface area contributed by atoms with Crippen molar-refractivity contribution >= 4 is 21.7 Å². The minimum absolute atomic E-state index is 0.958. The lowest BCUT2D eigenvalue weighted by Gasteiger charge is -2.32. The number of nitrogens with zero attached hydrogens (tertiary/aromatic N) is 3. The molecule has 1 aromatic rings. The van der Waals surface area contributed by atoms with Gasteiger partial charge in [0.25, 0.3) is 0 Å². The fourth-order valence-electron chi connectivity index (χ4n) is 2.13. The minimum Gasteiger partial charge on any atom is -0.369 e. The molecule has 1 aliphatic rings. The number of likely N-dealkylation sites (N-methyl/N-ethyl adjacent to an activating group) is 1. The van der Waals surface area contributed by atoms with Crippen molar-refractivity contribution in [3.8, 4) is 0 Å². The van der Waals surface area contributed by atoms with Crippen LogP contribution in [0.15, 0.2) is 16.7 Å². The lowest BCUT2D eigenvalue weighted by atomic mass is 10.3. The maximum atomic E-state index is 4.39. The predicted molar refractivity (Wildman–Crippen MR) is 79.1 cm³/mol. The molecule has 0 unspecified atom stereocenters. The van der Waals surface area contributed by atoms with Gasteiger partial charge in [0.15, 0.2) is 0 Å². The Hall–Kier alpha value is -0.650. The van der Waals surface area contributed by atoms with Crippen molar-refractivity contribution in [2.24, 2.45) is 0 Å². The molecule has 18 heavy (non-hydrogen) atoms. The molecule has 0 saturated carbocycles. The van der Waals surface area contributed by atoms with Gasteiger partial charge in [0.05, 0.1) is 0 Å². The van der Waals surface area contributed by atoms with E-state index >= 15 is 0 Å². The second-order valence-electron chi connectivity index (χ2n) is 4.89. The van der Waals surface area contributed by atoms with Gasteiger partial charge in [-0.15, -0.1) is 0 Å². The van der Waals surface area contributed by atoms with Crippen molar-refractivity contribution in [3.05, 3.63) is 22.3 Å². The number of hydrogen-bond acceptors (Lipinski definition) is 4. The topological polar surface area (TPSA) is 31.4 Å². The van der Waals surface area contributed by atoms with Crippen molar-refractivity contribution in [3.63, 3.8) is 0 Å². The van der Waals surface area contributed by atoms with Crippen LogP contribution in [-0.4, -0.2) is 61.1 Å². The van der Waals surface area contributed by atoms with Gasteiger partial charge in [-0.25, -0.2) is 4.98 Å². The highest BCUT2D eigenvalue weighted by atomic mass is 79.9. The predicted octanol–water partition coefficient (Wildman–Crippen LogP) is 1.81. The van der Waals surface area contributed by atoms with Crippen LogP contribution in [0.25, 0.3) is 0 Å². The maximum absolute atomic E-state index is 4.39. The van der Waals surface area contributed by atoms with E-state index in [0.717, 1.165) is 23.4 Å². The van der Waals surface area contributed by atoms with Gasteiger partial charge in [0.1, 0.15) is 5.82 Å². The maximum Gasteiger partial charge on any atom is 0.128 e. The first-order chi connectivity index (χ1) is 8.65. The van der Waals surface area contributed by atoms with Gasteiger partial charge in [-0.05, 0) is 41.5 Å². The zero-order valence-corrected chi connectivity index (χ0v) is 12.7. The lowest BCUT2D eigenvalue weighted by molar-refractivity contribution is 0.158. The van der Waals surface area contributed by atoms with Crippen molar-refractivity contribution in [1.82, 2.24) is 14.8 Å². The van der Waals surface area contributed by atoms with Gasteiger partial charge in [-0.2, -0.15) is 0 Å². The number of aryl methyl sites for hydroxylation is 1. The molecule has 0 aromatic carbocycles. The number of pyridine rings is 1. The Balaban J connectivity index is 1.75. The summed E-state index contributed by atoms with van der Waals surface area (Å²) in [6, 6.07) is 2.09. The van der Waals surface area contributed by atoms with Crippen LogP contribution >= 0.6 is 15.9 Å². The van der Waals surface area contributed by atoms with Crippen LogP contribution in [0.2, 0.25) is 0 Å². The molecule has 0 spiro atoms. The zero-order valence-electron chi connectivity index (χ0n) is 11.1. The van der Waals surface area contributed by atoms with Crippen LogP contribution < -0.4 is 5.32 Å². The highest BCUT2D eigenvalue weighted by Gasteiger charge is 2.12. The molecule has 1 aromatic heterocycles. The Bertz CT molecular complexity index is 389. The van der Waals surface area contributed by atoms with Crippen molar-refractivity contribution in [1.29, 1.82) is 0 Å². The molecule has 1 saturated heterocycles. The zero-order chi connectivity index (χ0) is 13.0. The molecule has 0 aliphatic carbocycles. The molecule has 5 heteroatoms. The molecule has 4 nitrogen and oxygen atoms in total. The smallest absolute Gasteiger partial charge is 0.128 e. The van der Waals surface area contributed by atoms with E-state index in [1.54, 1.807) is 0 Å². The van der Waals surface area contributed by atoms with E-state index in [-0.39, 0.29) is 0 Å². The van der Waals surface area contributed by atoms with Crippen LogP contribution in [0.1, 0.15) is 5.56 Å². The van der Waals surface area contributed by atoms with E-state index < -0.39 is 0 Å². The summed E-state index contributed by atoms with van der Waals surface area (Å²) in [5.74, 6) is 0.993. The van der Waals surface area contributed by atoms with E-state index in [4.69, 9.17) is 0 Å². The van der Waals surface area contributed by atoms with E-state index in [1.165, 1.54) is 31.7 Å². The highest BCUT2D eigenvalue weighted by Crippen LogP contribution is 2.16. The number of piperazine rings is 1. The summed E-state index contributed by atoms with van der Waals surface area (Å²) < 4.78 is 1.03. The normalized spacial score (nSPS) is 17.9. The third kappa shape index (κ3) is 3.93. The summed E-state index contributed by atoms with van der Waals surface area (Å²) in [6.07, 6.45) is 1.84. The number of nitrogens with one attached hydrogen (secondary N) is 1. The first-order valence-electron chi connectivity index (χ1n) is 6.42. The van der Waals surface area contributed by atoms with E-state index in [0.29, 0.717) is 0 Å². The Morgan fingerprint density at radius 1 is 1.33 bits per heavy atom. The highest BCUT2D eigenvalue weighted by molar-refractivity contribution is 9.10. The van der Waals surface area contributed by atoms with Crippen LogP contribution in [0.4, 0.5) is 5.82 Å². The van der Waals surface area contributed by atoms with Crippen LogP contribution in [0.5, 0.6) is 0 Å². The number of rotatable bonds is 4. The first kappa shape index (κ1) is 13.8. The van der Waals surface area contributed by atoms with Gasteiger partial charge < -0.3 is 10.2 Å². The number of anilines is 1. The third-order valence-electron chi connectivity index (χ3n) is 3.36. The first-order valence-corrected chi connectivity index (χ1v) is 7.21.